The smallest absolute Gasteiger partial charge is 0.124 e. The van der Waals surface area contributed by atoms with Crippen molar-refractivity contribution in [3.63, 3.8) is 0 Å². The number of benzene rings is 1. The second-order valence-corrected chi connectivity index (χ2v) is 5.31. The van der Waals surface area contributed by atoms with Crippen molar-refractivity contribution in [3.05, 3.63) is 23.8 Å². The molecule has 0 saturated heterocycles. The number of methoxy groups -OCH3 is 2. The van der Waals surface area contributed by atoms with E-state index in [9.17, 15) is 5.11 Å². The maximum absolute atomic E-state index is 10.4. The van der Waals surface area contributed by atoms with Crippen molar-refractivity contribution in [2.45, 2.75) is 26.1 Å². The summed E-state index contributed by atoms with van der Waals surface area (Å²) in [6.07, 6.45) is -0.416. The molecule has 1 rings (SSSR count). The van der Waals surface area contributed by atoms with Crippen LogP contribution >= 0.6 is 0 Å². The van der Waals surface area contributed by atoms with Crippen LogP contribution in [0.1, 0.15) is 25.5 Å². The number of aliphatic hydroxyl groups is 1. The first-order valence-electron chi connectivity index (χ1n) is 7.18. The van der Waals surface area contributed by atoms with Gasteiger partial charge in [0, 0.05) is 18.7 Å². The van der Waals surface area contributed by atoms with Gasteiger partial charge in [0.2, 0.25) is 0 Å². The molecule has 0 bridgehead atoms. The van der Waals surface area contributed by atoms with Gasteiger partial charge >= 0.3 is 0 Å². The van der Waals surface area contributed by atoms with Crippen LogP contribution in [-0.4, -0.2) is 57.1 Å². The van der Waals surface area contributed by atoms with E-state index in [1.54, 1.807) is 20.3 Å². The van der Waals surface area contributed by atoms with E-state index in [1.807, 2.05) is 37.9 Å². The third kappa shape index (κ3) is 5.91. The molecule has 0 amide bonds. The highest BCUT2D eigenvalue weighted by Crippen LogP contribution is 2.29. The van der Waals surface area contributed by atoms with Crippen molar-refractivity contribution in [3.8, 4) is 11.5 Å². The Kier molecular flexibility index (Phi) is 7.50. The lowest BCUT2D eigenvalue weighted by molar-refractivity contribution is 0.0515. The molecule has 5 nitrogen and oxygen atoms in total. The lowest BCUT2D eigenvalue weighted by atomic mass is 10.1. The number of hydrogen-bond donors (Lipinski definition) is 1. The van der Waals surface area contributed by atoms with E-state index in [1.165, 1.54) is 0 Å². The summed E-state index contributed by atoms with van der Waals surface area (Å²) in [4.78, 5) is 2.03. The quantitative estimate of drug-likeness (QED) is 0.756. The predicted octanol–water partition coefficient (Wildman–Crippen LogP) is 2.09. The van der Waals surface area contributed by atoms with Gasteiger partial charge in [0.05, 0.1) is 33.0 Å². The summed E-state index contributed by atoms with van der Waals surface area (Å²) in [5, 5.41) is 10.4. The Balaban J connectivity index is 2.63. The summed E-state index contributed by atoms with van der Waals surface area (Å²) in [5.74, 6) is 1.37. The molecule has 5 heteroatoms. The van der Waals surface area contributed by atoms with Crippen LogP contribution in [0.15, 0.2) is 18.2 Å². The molecule has 1 atom stereocenters. The Labute approximate surface area is 127 Å². The van der Waals surface area contributed by atoms with E-state index >= 15 is 0 Å². The lowest BCUT2D eigenvalue weighted by Gasteiger charge is -2.22. The van der Waals surface area contributed by atoms with Gasteiger partial charge < -0.3 is 24.2 Å². The first-order chi connectivity index (χ1) is 9.97. The molecule has 21 heavy (non-hydrogen) atoms. The fourth-order valence-electron chi connectivity index (χ4n) is 2.03. The van der Waals surface area contributed by atoms with Gasteiger partial charge in [0.25, 0.3) is 0 Å². The van der Waals surface area contributed by atoms with Crippen LogP contribution < -0.4 is 9.47 Å². The molecule has 0 saturated carbocycles. The van der Waals surface area contributed by atoms with Gasteiger partial charge in [-0.1, -0.05) is 0 Å². The van der Waals surface area contributed by atoms with Crippen molar-refractivity contribution in [1.82, 2.24) is 4.90 Å². The second kappa shape index (κ2) is 8.87. The zero-order chi connectivity index (χ0) is 15.8. The Hall–Kier alpha value is -1.30. The monoisotopic (exact) mass is 297 g/mol. The molecular weight excluding hydrogens is 270 g/mol. The number of likely N-dealkylation sites (N-methyl/N-ethyl adjacent to an activating group) is 1. The van der Waals surface area contributed by atoms with E-state index in [0.29, 0.717) is 24.7 Å². The molecule has 0 aliphatic carbocycles. The SMILES string of the molecule is COc1ccc(OC)c(C(O)CN(C)CCOC(C)C)c1. The molecule has 0 aliphatic heterocycles. The normalized spacial score (nSPS) is 12.8. The molecule has 0 spiro atoms. The summed E-state index contributed by atoms with van der Waals surface area (Å²) in [5.41, 5.74) is 0.730. The molecule has 1 aromatic rings. The van der Waals surface area contributed by atoms with Gasteiger partial charge in [-0.3, -0.25) is 0 Å². The predicted molar refractivity (Wildman–Crippen MR) is 83.1 cm³/mol. The topological polar surface area (TPSA) is 51.2 Å². The maximum atomic E-state index is 10.4. The summed E-state index contributed by atoms with van der Waals surface area (Å²) >= 11 is 0. The average molecular weight is 297 g/mol. The molecule has 1 N–H and O–H groups in total. The number of ether oxygens (including phenoxy) is 3. The van der Waals surface area contributed by atoms with Crippen molar-refractivity contribution < 1.29 is 19.3 Å². The van der Waals surface area contributed by atoms with Crippen molar-refractivity contribution >= 4 is 0 Å². The Morgan fingerprint density at radius 1 is 1.19 bits per heavy atom. The average Bonchev–Trinajstić information content (AvgIpc) is 2.45. The first kappa shape index (κ1) is 17.8. The molecule has 0 fully saturated rings. The van der Waals surface area contributed by atoms with Crippen molar-refractivity contribution in [2.24, 2.45) is 0 Å². The number of nitrogens with zero attached hydrogens (tertiary/aromatic N) is 1. The van der Waals surface area contributed by atoms with Gasteiger partial charge in [0.1, 0.15) is 11.5 Å². The van der Waals surface area contributed by atoms with Gasteiger partial charge in [-0.15, -0.1) is 0 Å². The summed E-state index contributed by atoms with van der Waals surface area (Å²) < 4.78 is 16.0. The lowest BCUT2D eigenvalue weighted by Crippen LogP contribution is -2.29. The van der Waals surface area contributed by atoms with Crippen LogP contribution in [0.5, 0.6) is 11.5 Å². The van der Waals surface area contributed by atoms with Crippen LogP contribution in [0.3, 0.4) is 0 Å². The summed E-state index contributed by atoms with van der Waals surface area (Å²) in [6.45, 7) is 5.94. The van der Waals surface area contributed by atoms with Crippen LogP contribution in [0, 0.1) is 0 Å². The minimum absolute atomic E-state index is 0.224. The molecule has 0 aliphatic rings. The minimum atomic E-state index is -0.640. The van der Waals surface area contributed by atoms with Gasteiger partial charge in [-0.05, 0) is 39.1 Å². The van der Waals surface area contributed by atoms with Crippen LogP contribution in [0.2, 0.25) is 0 Å². The summed E-state index contributed by atoms with van der Waals surface area (Å²) in [7, 11) is 5.16. The minimum Gasteiger partial charge on any atom is -0.497 e. The van der Waals surface area contributed by atoms with E-state index in [2.05, 4.69) is 0 Å². The van der Waals surface area contributed by atoms with Gasteiger partial charge in [0.15, 0.2) is 0 Å². The maximum Gasteiger partial charge on any atom is 0.124 e. The molecule has 0 heterocycles. The standard InChI is InChI=1S/C16H27NO4/c1-12(2)21-9-8-17(3)11-15(18)14-10-13(19-4)6-7-16(14)20-5/h6-7,10,12,15,18H,8-9,11H2,1-5H3. The zero-order valence-electron chi connectivity index (χ0n) is 13.6. The zero-order valence-corrected chi connectivity index (χ0v) is 13.6. The third-order valence-corrected chi connectivity index (χ3v) is 3.20. The molecule has 0 radical (unpaired) electrons. The highest BCUT2D eigenvalue weighted by molar-refractivity contribution is 5.41. The van der Waals surface area contributed by atoms with Crippen LogP contribution in [0.4, 0.5) is 0 Å². The van der Waals surface area contributed by atoms with Crippen molar-refractivity contribution in [1.29, 1.82) is 0 Å². The molecule has 120 valence electrons. The number of hydrogen-bond acceptors (Lipinski definition) is 5. The van der Waals surface area contributed by atoms with Gasteiger partial charge in [-0.2, -0.15) is 0 Å². The molecule has 1 unspecified atom stereocenters. The van der Waals surface area contributed by atoms with Crippen LogP contribution in [0.25, 0.3) is 0 Å². The van der Waals surface area contributed by atoms with Crippen molar-refractivity contribution in [2.75, 3.05) is 41.0 Å². The molecule has 0 aromatic heterocycles. The Bertz CT molecular complexity index is 423. The van der Waals surface area contributed by atoms with E-state index < -0.39 is 6.10 Å². The van der Waals surface area contributed by atoms with E-state index in [-0.39, 0.29) is 6.10 Å². The van der Waals surface area contributed by atoms with Crippen LogP contribution in [-0.2, 0) is 4.74 Å². The number of rotatable bonds is 9. The highest BCUT2D eigenvalue weighted by atomic mass is 16.5. The fraction of sp³-hybridized carbons (Fsp3) is 0.625. The van der Waals surface area contributed by atoms with Gasteiger partial charge in [-0.25, -0.2) is 0 Å². The van der Waals surface area contributed by atoms with E-state index in [0.717, 1.165) is 12.1 Å². The fourth-order valence-corrected chi connectivity index (χ4v) is 2.03. The van der Waals surface area contributed by atoms with E-state index in [4.69, 9.17) is 14.2 Å². The highest BCUT2D eigenvalue weighted by Gasteiger charge is 2.16. The Morgan fingerprint density at radius 3 is 2.48 bits per heavy atom. The third-order valence-electron chi connectivity index (χ3n) is 3.20. The summed E-state index contributed by atoms with van der Waals surface area (Å²) in [6, 6.07) is 5.43. The first-order valence-corrected chi connectivity index (χ1v) is 7.18. The Morgan fingerprint density at radius 2 is 1.90 bits per heavy atom. The number of aliphatic hydroxyl groups excluding tert-OH is 1. The second-order valence-electron chi connectivity index (χ2n) is 5.31. The molecule has 1 aromatic carbocycles. The largest absolute Gasteiger partial charge is 0.497 e. The molecular formula is C16H27NO4.